The number of aromatic nitrogens is 6. The maximum atomic E-state index is 6.16. The van der Waals surface area contributed by atoms with E-state index in [0.717, 1.165) is 22.8 Å². The maximum Gasteiger partial charge on any atom is 0.176 e. The fourth-order valence-corrected chi connectivity index (χ4v) is 2.47. The average Bonchev–Trinajstić information content (AvgIpc) is 2.92. The van der Waals surface area contributed by atoms with Crippen LogP contribution >= 0.6 is 23.2 Å². The normalized spacial score (nSPS) is 11.2. The fraction of sp³-hybridized carbons (Fsp3) is 0.286. The van der Waals surface area contributed by atoms with Crippen molar-refractivity contribution >= 4 is 23.2 Å². The molecule has 3 heterocycles. The molecule has 0 saturated carbocycles. The third kappa shape index (κ3) is 2.28. The summed E-state index contributed by atoms with van der Waals surface area (Å²) in [4.78, 5) is 0. The molecule has 114 valence electrons. The Balaban J connectivity index is 2.02. The van der Waals surface area contributed by atoms with Crippen molar-refractivity contribution in [2.24, 2.45) is 0 Å². The molecule has 0 N–H and O–H groups in total. The van der Waals surface area contributed by atoms with Gasteiger partial charge < -0.3 is 0 Å². The first-order valence-corrected chi connectivity index (χ1v) is 7.43. The van der Waals surface area contributed by atoms with Crippen molar-refractivity contribution in [1.82, 2.24) is 29.8 Å². The highest BCUT2D eigenvalue weighted by atomic mass is 35.5. The van der Waals surface area contributed by atoms with Crippen LogP contribution in [0, 0.1) is 27.7 Å². The predicted molar refractivity (Wildman–Crippen MR) is 85.2 cm³/mol. The molecule has 3 aromatic heterocycles. The van der Waals surface area contributed by atoms with Gasteiger partial charge in [0.2, 0.25) is 0 Å². The van der Waals surface area contributed by atoms with Gasteiger partial charge in [-0.15, -0.1) is 10.2 Å². The first-order valence-electron chi connectivity index (χ1n) is 6.68. The van der Waals surface area contributed by atoms with Crippen LogP contribution in [0.5, 0.6) is 0 Å². The summed E-state index contributed by atoms with van der Waals surface area (Å²) in [6.07, 6.45) is 0. The van der Waals surface area contributed by atoms with Gasteiger partial charge >= 0.3 is 0 Å². The van der Waals surface area contributed by atoms with Gasteiger partial charge in [0.05, 0.1) is 32.8 Å². The second kappa shape index (κ2) is 5.37. The van der Waals surface area contributed by atoms with Crippen LogP contribution in [-0.4, -0.2) is 29.8 Å². The standard InChI is InChI=1S/C14H14Cl2N6/c1-7-13(15)9(3)21(19-7)11-5-6-12(18-17-11)22-10(4)14(16)8(2)20-22/h5-6H,1-4H3. The van der Waals surface area contributed by atoms with Crippen LogP contribution in [-0.2, 0) is 0 Å². The summed E-state index contributed by atoms with van der Waals surface area (Å²) in [7, 11) is 0. The lowest BCUT2D eigenvalue weighted by molar-refractivity contribution is 0.744. The second-order valence-corrected chi connectivity index (χ2v) is 5.80. The first kappa shape index (κ1) is 15.0. The smallest absolute Gasteiger partial charge is 0.176 e. The van der Waals surface area contributed by atoms with Crippen molar-refractivity contribution < 1.29 is 0 Å². The summed E-state index contributed by atoms with van der Waals surface area (Å²) in [5.74, 6) is 1.20. The zero-order valence-electron chi connectivity index (χ0n) is 12.6. The predicted octanol–water partition coefficient (Wildman–Crippen LogP) is 3.39. The number of aryl methyl sites for hydroxylation is 2. The summed E-state index contributed by atoms with van der Waals surface area (Å²) in [6, 6.07) is 3.64. The monoisotopic (exact) mass is 336 g/mol. The highest BCUT2D eigenvalue weighted by molar-refractivity contribution is 6.32. The van der Waals surface area contributed by atoms with Gasteiger partial charge in [0.25, 0.3) is 0 Å². The average molecular weight is 337 g/mol. The van der Waals surface area contributed by atoms with Crippen LogP contribution in [0.1, 0.15) is 22.8 Å². The Bertz CT molecular complexity index is 776. The van der Waals surface area contributed by atoms with Gasteiger partial charge in [-0.25, -0.2) is 9.36 Å². The van der Waals surface area contributed by atoms with Gasteiger partial charge in [-0.2, -0.15) is 10.2 Å². The molecule has 3 aromatic rings. The van der Waals surface area contributed by atoms with Crippen molar-refractivity contribution in [2.75, 3.05) is 0 Å². The lowest BCUT2D eigenvalue weighted by Crippen LogP contribution is -2.07. The molecule has 0 aliphatic carbocycles. The molecule has 6 nitrogen and oxygen atoms in total. The Labute approximate surface area is 137 Å². The van der Waals surface area contributed by atoms with E-state index in [1.54, 1.807) is 9.36 Å². The van der Waals surface area contributed by atoms with E-state index >= 15 is 0 Å². The lowest BCUT2D eigenvalue weighted by Gasteiger charge is -2.05. The topological polar surface area (TPSA) is 61.4 Å². The Hall–Kier alpha value is -1.92. The molecule has 0 aliphatic rings. The molecule has 0 aliphatic heterocycles. The molecule has 3 rings (SSSR count). The first-order chi connectivity index (χ1) is 10.4. The van der Waals surface area contributed by atoms with Crippen molar-refractivity contribution in [3.63, 3.8) is 0 Å². The molecule has 0 spiro atoms. The highest BCUT2D eigenvalue weighted by Crippen LogP contribution is 2.23. The van der Waals surface area contributed by atoms with E-state index in [4.69, 9.17) is 23.2 Å². The van der Waals surface area contributed by atoms with Gasteiger partial charge in [-0.3, -0.25) is 0 Å². The van der Waals surface area contributed by atoms with Gasteiger partial charge in [-0.1, -0.05) is 23.2 Å². The molecule has 0 atom stereocenters. The Kier molecular flexibility index (Phi) is 3.66. The molecular weight excluding hydrogens is 323 g/mol. The fourth-order valence-electron chi connectivity index (χ4n) is 2.24. The van der Waals surface area contributed by atoms with Crippen LogP contribution in [0.4, 0.5) is 0 Å². The summed E-state index contributed by atoms with van der Waals surface area (Å²) >= 11 is 12.3. The number of halogens is 2. The molecule has 0 aromatic carbocycles. The molecule has 0 fully saturated rings. The molecule has 0 saturated heterocycles. The zero-order chi connectivity index (χ0) is 16.0. The number of hydrogen-bond acceptors (Lipinski definition) is 4. The van der Waals surface area contributed by atoms with Crippen LogP contribution in [0.2, 0.25) is 10.0 Å². The van der Waals surface area contributed by atoms with E-state index in [0.29, 0.717) is 21.7 Å². The number of hydrogen-bond donors (Lipinski definition) is 0. The van der Waals surface area contributed by atoms with Gasteiger partial charge in [0.15, 0.2) is 11.6 Å². The van der Waals surface area contributed by atoms with Crippen molar-refractivity contribution in [3.05, 3.63) is 45.0 Å². The van der Waals surface area contributed by atoms with Gasteiger partial charge in [0.1, 0.15) is 0 Å². The SMILES string of the molecule is Cc1nn(-c2ccc(-n3nc(C)c(Cl)c3C)nn2)c(C)c1Cl. The van der Waals surface area contributed by atoms with Crippen LogP contribution in [0.25, 0.3) is 11.6 Å². The number of nitrogens with zero attached hydrogens (tertiary/aromatic N) is 6. The Morgan fingerprint density at radius 3 is 1.32 bits per heavy atom. The largest absolute Gasteiger partial charge is 0.216 e. The second-order valence-electron chi connectivity index (χ2n) is 5.04. The van der Waals surface area contributed by atoms with Crippen molar-refractivity contribution in [3.8, 4) is 11.6 Å². The summed E-state index contributed by atoms with van der Waals surface area (Å²) < 4.78 is 3.34. The lowest BCUT2D eigenvalue weighted by atomic mass is 10.4. The van der Waals surface area contributed by atoms with E-state index in [1.165, 1.54) is 0 Å². The van der Waals surface area contributed by atoms with Gasteiger partial charge in [-0.05, 0) is 39.8 Å². The quantitative estimate of drug-likeness (QED) is 0.719. The van der Waals surface area contributed by atoms with Crippen LogP contribution in [0.3, 0.4) is 0 Å². The Morgan fingerprint density at radius 2 is 1.09 bits per heavy atom. The summed E-state index contributed by atoms with van der Waals surface area (Å²) in [5.41, 5.74) is 3.18. The minimum Gasteiger partial charge on any atom is -0.216 e. The summed E-state index contributed by atoms with van der Waals surface area (Å²) in [6.45, 7) is 7.48. The van der Waals surface area contributed by atoms with E-state index in [9.17, 15) is 0 Å². The third-order valence-electron chi connectivity index (χ3n) is 3.48. The van der Waals surface area contributed by atoms with E-state index in [-0.39, 0.29) is 0 Å². The molecule has 0 amide bonds. The van der Waals surface area contributed by atoms with Crippen LogP contribution < -0.4 is 0 Å². The van der Waals surface area contributed by atoms with Gasteiger partial charge in [0, 0.05) is 0 Å². The minimum absolute atomic E-state index is 0.601. The van der Waals surface area contributed by atoms with E-state index in [1.807, 2.05) is 39.8 Å². The van der Waals surface area contributed by atoms with Crippen LogP contribution in [0.15, 0.2) is 12.1 Å². The number of rotatable bonds is 2. The highest BCUT2D eigenvalue weighted by Gasteiger charge is 2.14. The van der Waals surface area contributed by atoms with E-state index in [2.05, 4.69) is 20.4 Å². The zero-order valence-corrected chi connectivity index (χ0v) is 14.1. The van der Waals surface area contributed by atoms with E-state index < -0.39 is 0 Å². The van der Waals surface area contributed by atoms with Crippen molar-refractivity contribution in [1.29, 1.82) is 0 Å². The molecule has 0 radical (unpaired) electrons. The molecule has 0 unspecified atom stereocenters. The molecule has 0 bridgehead atoms. The minimum atomic E-state index is 0.601. The maximum absolute atomic E-state index is 6.16. The van der Waals surface area contributed by atoms with Crippen molar-refractivity contribution in [2.45, 2.75) is 27.7 Å². The summed E-state index contributed by atoms with van der Waals surface area (Å²) in [5, 5.41) is 18.4. The molecule has 8 heteroatoms. The molecule has 22 heavy (non-hydrogen) atoms. The molecular formula is C14H14Cl2N6. The Morgan fingerprint density at radius 1 is 0.727 bits per heavy atom. The third-order valence-corrected chi connectivity index (χ3v) is 4.57.